The molecule has 12 heteroatoms. The Morgan fingerprint density at radius 2 is 1.82 bits per heavy atom. The summed E-state index contributed by atoms with van der Waals surface area (Å²) in [7, 11) is 1.60. The fourth-order valence-electron chi connectivity index (χ4n) is 4.17. The third-order valence-corrected chi connectivity index (χ3v) is 6.46. The van der Waals surface area contributed by atoms with Crippen LogP contribution >= 0.6 is 0 Å². The molecule has 1 N–H and O–H groups in total. The minimum absolute atomic E-state index is 0.0928. The summed E-state index contributed by atoms with van der Waals surface area (Å²) in [6, 6.07) is 17.0. The van der Waals surface area contributed by atoms with Crippen molar-refractivity contribution in [1.29, 1.82) is 0 Å². The second-order valence-corrected chi connectivity index (χ2v) is 9.77. The summed E-state index contributed by atoms with van der Waals surface area (Å²) in [5, 5.41) is 14.4. The molecule has 2 unspecified atom stereocenters. The predicted octanol–water partition coefficient (Wildman–Crippen LogP) is 4.77. The van der Waals surface area contributed by atoms with Gasteiger partial charge >= 0.3 is 6.18 Å². The highest BCUT2D eigenvalue weighted by Gasteiger charge is 2.34. The lowest BCUT2D eigenvalue weighted by Gasteiger charge is -2.31. The van der Waals surface area contributed by atoms with Crippen molar-refractivity contribution in [1.82, 2.24) is 30.5 Å². The molecule has 210 valence electrons. The number of ether oxygens (including phenoxy) is 2. The standard InChI is InChI=1S/C28H29F3N6O3/c1-18(34-26(38)27(2,3)40-25-13-10-21(16-32-25)28(29,30)31)24(14-19-8-11-23(39-4)12-9-19)20-6-5-7-22(15-20)37-17-33-35-36-37/h5-13,15-18,24H,14H2,1-4H3,(H,34,38). The van der Waals surface area contributed by atoms with E-state index in [1.165, 1.54) is 20.2 Å². The van der Waals surface area contributed by atoms with E-state index < -0.39 is 23.2 Å². The monoisotopic (exact) mass is 554 g/mol. The van der Waals surface area contributed by atoms with Crippen LogP contribution in [-0.4, -0.2) is 49.9 Å². The van der Waals surface area contributed by atoms with Crippen LogP contribution in [0.5, 0.6) is 11.6 Å². The van der Waals surface area contributed by atoms with Crippen molar-refractivity contribution < 1.29 is 27.4 Å². The molecule has 0 saturated carbocycles. The molecule has 2 aromatic heterocycles. The second-order valence-electron chi connectivity index (χ2n) is 9.77. The number of methoxy groups -OCH3 is 1. The number of alkyl halides is 3. The van der Waals surface area contributed by atoms with Crippen molar-refractivity contribution in [3.8, 4) is 17.3 Å². The van der Waals surface area contributed by atoms with E-state index in [1.807, 2.05) is 55.5 Å². The van der Waals surface area contributed by atoms with Gasteiger partial charge in [-0.1, -0.05) is 24.3 Å². The van der Waals surface area contributed by atoms with E-state index in [2.05, 4.69) is 25.8 Å². The van der Waals surface area contributed by atoms with E-state index in [0.29, 0.717) is 12.6 Å². The van der Waals surface area contributed by atoms with E-state index in [4.69, 9.17) is 9.47 Å². The molecule has 1 amide bonds. The summed E-state index contributed by atoms with van der Waals surface area (Å²) in [6.45, 7) is 4.96. The van der Waals surface area contributed by atoms with Crippen molar-refractivity contribution in [2.24, 2.45) is 0 Å². The lowest BCUT2D eigenvalue weighted by Crippen LogP contribution is -2.51. The molecule has 4 rings (SSSR count). The van der Waals surface area contributed by atoms with Gasteiger partial charge in [0, 0.05) is 24.2 Å². The molecule has 9 nitrogen and oxygen atoms in total. The molecule has 0 radical (unpaired) electrons. The van der Waals surface area contributed by atoms with Gasteiger partial charge in [0.05, 0.1) is 18.4 Å². The first-order valence-corrected chi connectivity index (χ1v) is 12.5. The number of hydrogen-bond donors (Lipinski definition) is 1. The maximum Gasteiger partial charge on any atom is 0.417 e. The summed E-state index contributed by atoms with van der Waals surface area (Å²) in [4.78, 5) is 17.1. The van der Waals surface area contributed by atoms with E-state index >= 15 is 0 Å². The van der Waals surface area contributed by atoms with Crippen LogP contribution in [0.3, 0.4) is 0 Å². The number of nitrogens with one attached hydrogen (secondary N) is 1. The van der Waals surface area contributed by atoms with Crippen LogP contribution in [-0.2, 0) is 17.4 Å². The summed E-state index contributed by atoms with van der Waals surface area (Å²) >= 11 is 0. The van der Waals surface area contributed by atoms with Crippen LogP contribution in [0.2, 0.25) is 0 Å². The molecule has 2 atom stereocenters. The van der Waals surface area contributed by atoms with Crippen LogP contribution in [0.15, 0.2) is 73.2 Å². The quantitative estimate of drug-likeness (QED) is 0.301. The molecular weight excluding hydrogens is 525 g/mol. The second kappa shape index (κ2) is 11.7. The van der Waals surface area contributed by atoms with Gasteiger partial charge in [0.25, 0.3) is 5.91 Å². The maximum atomic E-state index is 13.3. The van der Waals surface area contributed by atoms with Crippen LogP contribution in [0.1, 0.15) is 43.4 Å². The number of aromatic nitrogens is 5. The average Bonchev–Trinajstić information content (AvgIpc) is 3.47. The minimum Gasteiger partial charge on any atom is -0.497 e. The number of benzene rings is 2. The molecule has 2 aromatic carbocycles. The van der Waals surface area contributed by atoms with Crippen LogP contribution < -0.4 is 14.8 Å². The summed E-state index contributed by atoms with van der Waals surface area (Å²) in [6.07, 6.45) is -1.76. The number of pyridine rings is 1. The van der Waals surface area contributed by atoms with E-state index in [0.717, 1.165) is 34.7 Å². The lowest BCUT2D eigenvalue weighted by molar-refractivity contribution is -0.138. The molecular formula is C28H29F3N6O3. The first-order chi connectivity index (χ1) is 19.0. The van der Waals surface area contributed by atoms with E-state index in [-0.39, 0.29) is 17.8 Å². The highest BCUT2D eigenvalue weighted by atomic mass is 19.4. The van der Waals surface area contributed by atoms with Gasteiger partial charge in [-0.2, -0.15) is 13.2 Å². The van der Waals surface area contributed by atoms with Gasteiger partial charge in [-0.05, 0) is 79.1 Å². The Morgan fingerprint density at radius 3 is 2.42 bits per heavy atom. The third kappa shape index (κ3) is 6.93. The highest BCUT2D eigenvalue weighted by Crippen LogP contribution is 2.30. The van der Waals surface area contributed by atoms with E-state index in [1.54, 1.807) is 11.8 Å². The molecule has 0 aliphatic rings. The fourth-order valence-corrected chi connectivity index (χ4v) is 4.17. The van der Waals surface area contributed by atoms with Crippen molar-refractivity contribution >= 4 is 5.91 Å². The molecule has 4 aromatic rings. The van der Waals surface area contributed by atoms with Gasteiger partial charge < -0.3 is 14.8 Å². The summed E-state index contributed by atoms with van der Waals surface area (Å²) in [5.74, 6) is 0.0228. The smallest absolute Gasteiger partial charge is 0.417 e. The van der Waals surface area contributed by atoms with Gasteiger partial charge in [-0.15, -0.1) is 5.10 Å². The maximum absolute atomic E-state index is 13.3. The largest absolute Gasteiger partial charge is 0.497 e. The minimum atomic E-state index is -4.52. The SMILES string of the molecule is COc1ccc(CC(c2cccc(-n3cnnn3)c2)C(C)NC(=O)C(C)(C)Oc2ccc(C(F)(F)F)cn2)cc1. The van der Waals surface area contributed by atoms with Gasteiger partial charge in [0.2, 0.25) is 5.88 Å². The number of amides is 1. The third-order valence-electron chi connectivity index (χ3n) is 6.46. The number of halogens is 3. The topological polar surface area (TPSA) is 104 Å². The Balaban J connectivity index is 1.55. The number of nitrogens with zero attached hydrogens (tertiary/aromatic N) is 5. The molecule has 0 bridgehead atoms. The average molecular weight is 555 g/mol. The van der Waals surface area contributed by atoms with Gasteiger partial charge in [-0.3, -0.25) is 4.79 Å². The first-order valence-electron chi connectivity index (χ1n) is 12.5. The molecule has 0 aliphatic heterocycles. The van der Waals surface area contributed by atoms with Crippen molar-refractivity contribution in [2.75, 3.05) is 7.11 Å². The fraction of sp³-hybridized carbons (Fsp3) is 0.321. The Morgan fingerprint density at radius 1 is 1.07 bits per heavy atom. The number of carbonyl (C=O) groups excluding carboxylic acids is 1. The predicted molar refractivity (Wildman–Crippen MR) is 140 cm³/mol. The molecule has 0 aliphatic carbocycles. The summed E-state index contributed by atoms with van der Waals surface area (Å²) in [5.41, 5.74) is 0.419. The molecule has 0 saturated heterocycles. The Labute approximate surface area is 229 Å². The number of tetrazole rings is 1. The lowest BCUT2D eigenvalue weighted by atomic mass is 9.86. The van der Waals surface area contributed by atoms with E-state index in [9.17, 15) is 18.0 Å². The van der Waals surface area contributed by atoms with Gasteiger partial charge in [0.1, 0.15) is 12.1 Å². The number of rotatable bonds is 10. The number of carbonyl (C=O) groups is 1. The highest BCUT2D eigenvalue weighted by molar-refractivity contribution is 5.85. The Hall–Kier alpha value is -4.48. The first kappa shape index (κ1) is 28.5. The molecule has 40 heavy (non-hydrogen) atoms. The van der Waals surface area contributed by atoms with Crippen molar-refractivity contribution in [3.05, 3.63) is 89.9 Å². The Bertz CT molecular complexity index is 1410. The zero-order chi connectivity index (χ0) is 28.9. The zero-order valence-electron chi connectivity index (χ0n) is 22.4. The van der Waals surface area contributed by atoms with Crippen molar-refractivity contribution in [3.63, 3.8) is 0 Å². The normalized spacial score (nSPS) is 13.4. The molecule has 0 spiro atoms. The van der Waals surface area contributed by atoms with Gasteiger partial charge in [0.15, 0.2) is 5.60 Å². The Kier molecular flexibility index (Phi) is 8.36. The zero-order valence-corrected chi connectivity index (χ0v) is 22.4. The van der Waals surface area contributed by atoms with Crippen LogP contribution in [0.25, 0.3) is 5.69 Å². The van der Waals surface area contributed by atoms with Gasteiger partial charge in [-0.25, -0.2) is 9.67 Å². The number of hydrogen-bond acceptors (Lipinski definition) is 7. The van der Waals surface area contributed by atoms with Crippen molar-refractivity contribution in [2.45, 2.75) is 50.9 Å². The summed E-state index contributed by atoms with van der Waals surface area (Å²) < 4.78 is 51.2. The van der Waals surface area contributed by atoms with Crippen LogP contribution in [0.4, 0.5) is 13.2 Å². The molecule has 2 heterocycles. The van der Waals surface area contributed by atoms with Crippen LogP contribution in [0, 0.1) is 0 Å². The molecule has 0 fully saturated rings.